The SMILES string of the molecule is CC(C)C(NC(=O)Oc1ccccc1)C(=O)O. The number of ether oxygens (including phenoxy) is 1. The summed E-state index contributed by atoms with van der Waals surface area (Å²) in [4.78, 5) is 22.3. The molecule has 1 aromatic carbocycles. The predicted octanol–water partition coefficient (Wildman–Crippen LogP) is 1.88. The Kier molecular flexibility index (Phi) is 4.51. The minimum absolute atomic E-state index is 0.212. The van der Waals surface area contributed by atoms with E-state index in [1.54, 1.807) is 44.2 Å². The molecule has 1 rings (SSSR count). The maximum Gasteiger partial charge on any atom is 0.413 e. The van der Waals surface area contributed by atoms with E-state index in [-0.39, 0.29) is 5.92 Å². The van der Waals surface area contributed by atoms with Gasteiger partial charge in [0, 0.05) is 0 Å². The van der Waals surface area contributed by atoms with E-state index in [4.69, 9.17) is 9.84 Å². The van der Waals surface area contributed by atoms with Crippen LogP contribution in [0.3, 0.4) is 0 Å². The lowest BCUT2D eigenvalue weighted by molar-refractivity contribution is -0.140. The monoisotopic (exact) mass is 237 g/mol. The molecule has 0 saturated heterocycles. The summed E-state index contributed by atoms with van der Waals surface area (Å²) in [5.41, 5.74) is 0. The van der Waals surface area contributed by atoms with E-state index < -0.39 is 18.1 Å². The molecule has 0 aliphatic rings. The number of amides is 1. The van der Waals surface area contributed by atoms with Crippen LogP contribution in [-0.4, -0.2) is 23.2 Å². The number of hydrogen-bond acceptors (Lipinski definition) is 3. The first kappa shape index (κ1) is 13.0. The molecular weight excluding hydrogens is 222 g/mol. The van der Waals surface area contributed by atoms with Gasteiger partial charge in [0.05, 0.1) is 0 Å². The number of rotatable bonds is 4. The van der Waals surface area contributed by atoms with Gasteiger partial charge in [-0.25, -0.2) is 9.59 Å². The fourth-order valence-corrected chi connectivity index (χ4v) is 1.27. The molecule has 1 aromatic rings. The third-order valence-electron chi connectivity index (χ3n) is 2.16. The van der Waals surface area contributed by atoms with Gasteiger partial charge in [-0.1, -0.05) is 32.0 Å². The number of carboxylic acids is 1. The molecule has 0 aliphatic carbocycles. The van der Waals surface area contributed by atoms with Gasteiger partial charge in [0.15, 0.2) is 0 Å². The maximum atomic E-state index is 11.4. The van der Waals surface area contributed by atoms with E-state index in [2.05, 4.69) is 5.32 Å². The van der Waals surface area contributed by atoms with Crippen molar-refractivity contribution in [2.24, 2.45) is 5.92 Å². The van der Waals surface area contributed by atoms with Gasteiger partial charge >= 0.3 is 12.1 Å². The standard InChI is InChI=1S/C12H15NO4/c1-8(2)10(11(14)15)13-12(16)17-9-6-4-3-5-7-9/h3-8,10H,1-2H3,(H,13,16)(H,14,15). The highest BCUT2D eigenvalue weighted by Gasteiger charge is 2.24. The molecule has 1 atom stereocenters. The van der Waals surface area contributed by atoms with E-state index in [1.807, 2.05) is 0 Å². The molecule has 5 nitrogen and oxygen atoms in total. The highest BCUT2D eigenvalue weighted by atomic mass is 16.6. The summed E-state index contributed by atoms with van der Waals surface area (Å²) in [5, 5.41) is 11.2. The highest BCUT2D eigenvalue weighted by Crippen LogP contribution is 2.09. The number of para-hydroxylation sites is 1. The summed E-state index contributed by atoms with van der Waals surface area (Å²) >= 11 is 0. The number of carbonyl (C=O) groups is 2. The molecule has 92 valence electrons. The first-order valence-corrected chi connectivity index (χ1v) is 5.27. The summed E-state index contributed by atoms with van der Waals surface area (Å²) in [5.74, 6) is -0.918. The van der Waals surface area contributed by atoms with Gasteiger partial charge in [-0.15, -0.1) is 0 Å². The van der Waals surface area contributed by atoms with E-state index in [0.29, 0.717) is 5.75 Å². The molecule has 17 heavy (non-hydrogen) atoms. The Morgan fingerprint density at radius 2 is 1.82 bits per heavy atom. The number of benzene rings is 1. The molecule has 0 spiro atoms. The van der Waals surface area contributed by atoms with Gasteiger partial charge in [-0.3, -0.25) is 0 Å². The van der Waals surface area contributed by atoms with Crippen molar-refractivity contribution in [3.8, 4) is 5.75 Å². The van der Waals surface area contributed by atoms with Crippen LogP contribution in [0.2, 0.25) is 0 Å². The Morgan fingerprint density at radius 1 is 1.24 bits per heavy atom. The number of carbonyl (C=O) groups excluding carboxylic acids is 1. The molecule has 5 heteroatoms. The van der Waals surface area contributed by atoms with E-state index >= 15 is 0 Å². The van der Waals surface area contributed by atoms with Crippen molar-refractivity contribution in [3.05, 3.63) is 30.3 Å². The minimum Gasteiger partial charge on any atom is -0.480 e. The summed E-state index contributed by atoms with van der Waals surface area (Å²) in [6, 6.07) is 7.51. The van der Waals surface area contributed by atoms with Crippen LogP contribution < -0.4 is 10.1 Å². The summed E-state index contributed by atoms with van der Waals surface area (Å²) in [6.07, 6.45) is -0.766. The topological polar surface area (TPSA) is 75.6 Å². The molecule has 0 aromatic heterocycles. The van der Waals surface area contributed by atoms with Crippen LogP contribution in [0.5, 0.6) is 5.75 Å². The summed E-state index contributed by atoms with van der Waals surface area (Å²) < 4.78 is 4.93. The Labute approximate surface area is 99.4 Å². The van der Waals surface area contributed by atoms with Crippen molar-refractivity contribution >= 4 is 12.1 Å². The van der Waals surface area contributed by atoms with Crippen molar-refractivity contribution < 1.29 is 19.4 Å². The normalized spacial score (nSPS) is 11.9. The number of hydrogen-bond donors (Lipinski definition) is 2. The Bertz CT molecular complexity index is 389. The largest absolute Gasteiger partial charge is 0.480 e. The second-order valence-corrected chi connectivity index (χ2v) is 3.91. The smallest absolute Gasteiger partial charge is 0.413 e. The fourth-order valence-electron chi connectivity index (χ4n) is 1.27. The quantitative estimate of drug-likeness (QED) is 0.838. The van der Waals surface area contributed by atoms with Crippen molar-refractivity contribution in [2.45, 2.75) is 19.9 Å². The van der Waals surface area contributed by atoms with Gasteiger partial charge in [-0.2, -0.15) is 0 Å². The zero-order valence-corrected chi connectivity index (χ0v) is 9.71. The average Bonchev–Trinajstić information content (AvgIpc) is 2.26. The van der Waals surface area contributed by atoms with Gasteiger partial charge in [-0.05, 0) is 18.1 Å². The minimum atomic E-state index is -1.08. The van der Waals surface area contributed by atoms with Crippen LogP contribution in [0.1, 0.15) is 13.8 Å². The Balaban J connectivity index is 2.57. The molecule has 0 heterocycles. The van der Waals surface area contributed by atoms with E-state index in [1.165, 1.54) is 0 Å². The molecule has 2 N–H and O–H groups in total. The van der Waals surface area contributed by atoms with Crippen LogP contribution in [-0.2, 0) is 4.79 Å². The Morgan fingerprint density at radius 3 is 2.29 bits per heavy atom. The lowest BCUT2D eigenvalue weighted by atomic mass is 10.1. The molecule has 1 amide bonds. The van der Waals surface area contributed by atoms with Crippen molar-refractivity contribution in [3.63, 3.8) is 0 Å². The third kappa shape index (κ3) is 4.14. The van der Waals surface area contributed by atoms with Crippen LogP contribution in [0.25, 0.3) is 0 Å². The average molecular weight is 237 g/mol. The maximum absolute atomic E-state index is 11.4. The number of carboxylic acid groups (broad SMARTS) is 1. The zero-order valence-electron chi connectivity index (χ0n) is 9.71. The lowest BCUT2D eigenvalue weighted by Gasteiger charge is -2.17. The third-order valence-corrected chi connectivity index (χ3v) is 2.16. The first-order valence-electron chi connectivity index (χ1n) is 5.27. The zero-order chi connectivity index (χ0) is 12.8. The Hall–Kier alpha value is -2.04. The van der Waals surface area contributed by atoms with E-state index in [9.17, 15) is 9.59 Å². The van der Waals surface area contributed by atoms with Crippen molar-refractivity contribution in [1.82, 2.24) is 5.32 Å². The lowest BCUT2D eigenvalue weighted by Crippen LogP contribution is -2.45. The second kappa shape index (κ2) is 5.89. The van der Waals surface area contributed by atoms with Gasteiger partial charge in [0.2, 0.25) is 0 Å². The van der Waals surface area contributed by atoms with Gasteiger partial charge in [0.25, 0.3) is 0 Å². The molecule has 1 unspecified atom stereocenters. The van der Waals surface area contributed by atoms with Crippen LogP contribution in [0.4, 0.5) is 4.79 Å². The predicted molar refractivity (Wildman–Crippen MR) is 61.9 cm³/mol. The summed E-state index contributed by atoms with van der Waals surface area (Å²) in [6.45, 7) is 3.42. The summed E-state index contributed by atoms with van der Waals surface area (Å²) in [7, 11) is 0. The van der Waals surface area contributed by atoms with E-state index in [0.717, 1.165) is 0 Å². The molecule has 0 aliphatic heterocycles. The second-order valence-electron chi connectivity index (χ2n) is 3.91. The van der Waals surface area contributed by atoms with Gasteiger partial charge < -0.3 is 15.2 Å². The van der Waals surface area contributed by atoms with Crippen LogP contribution >= 0.6 is 0 Å². The highest BCUT2D eigenvalue weighted by molar-refractivity contribution is 5.81. The first-order chi connectivity index (χ1) is 8.00. The molecular formula is C12H15NO4. The van der Waals surface area contributed by atoms with Crippen molar-refractivity contribution in [2.75, 3.05) is 0 Å². The number of nitrogens with one attached hydrogen (secondary N) is 1. The molecule has 0 bridgehead atoms. The molecule has 0 fully saturated rings. The molecule has 0 radical (unpaired) electrons. The fraction of sp³-hybridized carbons (Fsp3) is 0.333. The van der Waals surface area contributed by atoms with Crippen LogP contribution in [0.15, 0.2) is 30.3 Å². The molecule has 0 saturated carbocycles. The van der Waals surface area contributed by atoms with Crippen LogP contribution in [0, 0.1) is 5.92 Å². The van der Waals surface area contributed by atoms with Crippen molar-refractivity contribution in [1.29, 1.82) is 0 Å². The number of aliphatic carboxylic acids is 1. The van der Waals surface area contributed by atoms with Gasteiger partial charge in [0.1, 0.15) is 11.8 Å².